The van der Waals surface area contributed by atoms with Gasteiger partial charge < -0.3 is 14.8 Å². The minimum atomic E-state index is -0.502. The van der Waals surface area contributed by atoms with Gasteiger partial charge >= 0.3 is 5.97 Å². The second kappa shape index (κ2) is 9.19. The van der Waals surface area contributed by atoms with Crippen molar-refractivity contribution in [2.75, 3.05) is 13.7 Å². The second-order valence-corrected chi connectivity index (χ2v) is 7.11. The van der Waals surface area contributed by atoms with Crippen LogP contribution >= 0.6 is 11.3 Å². The summed E-state index contributed by atoms with van der Waals surface area (Å²) in [7, 11) is 1.58. The number of aryl methyl sites for hydroxylation is 1. The van der Waals surface area contributed by atoms with Crippen molar-refractivity contribution in [3.8, 4) is 16.9 Å². The zero-order valence-electron chi connectivity index (χ0n) is 15.7. The summed E-state index contributed by atoms with van der Waals surface area (Å²) < 4.78 is 10.5. The maximum Gasteiger partial charge on any atom is 0.349 e. The lowest BCUT2D eigenvalue weighted by Crippen LogP contribution is -2.28. The van der Waals surface area contributed by atoms with Gasteiger partial charge in [0.1, 0.15) is 10.6 Å². The van der Waals surface area contributed by atoms with Crippen molar-refractivity contribution in [2.45, 2.75) is 13.5 Å². The minimum absolute atomic E-state index is 0.300. The molecule has 28 heavy (non-hydrogen) atoms. The largest absolute Gasteiger partial charge is 0.496 e. The smallest absolute Gasteiger partial charge is 0.349 e. The van der Waals surface area contributed by atoms with Gasteiger partial charge in [0.15, 0.2) is 6.61 Å². The first-order valence-corrected chi connectivity index (χ1v) is 9.66. The highest BCUT2D eigenvalue weighted by atomic mass is 32.1. The molecule has 1 heterocycles. The summed E-state index contributed by atoms with van der Waals surface area (Å²) in [4.78, 5) is 25.0. The molecular weight excluding hydrogens is 374 g/mol. The van der Waals surface area contributed by atoms with Crippen LogP contribution in [0.4, 0.5) is 0 Å². The third kappa shape index (κ3) is 4.78. The van der Waals surface area contributed by atoms with Gasteiger partial charge in [-0.15, -0.1) is 11.3 Å². The minimum Gasteiger partial charge on any atom is -0.496 e. The van der Waals surface area contributed by atoms with Crippen LogP contribution in [0.15, 0.2) is 60.0 Å². The molecule has 0 fully saturated rings. The summed E-state index contributed by atoms with van der Waals surface area (Å²) in [6.07, 6.45) is 0. The third-order valence-electron chi connectivity index (χ3n) is 4.22. The molecule has 0 saturated carbocycles. The molecule has 0 aliphatic heterocycles. The van der Waals surface area contributed by atoms with Crippen molar-refractivity contribution in [1.29, 1.82) is 0 Å². The van der Waals surface area contributed by atoms with Gasteiger partial charge in [-0.1, -0.05) is 48.0 Å². The van der Waals surface area contributed by atoms with Gasteiger partial charge in [-0.3, -0.25) is 4.79 Å². The van der Waals surface area contributed by atoms with Crippen LogP contribution in [0.2, 0.25) is 0 Å². The van der Waals surface area contributed by atoms with Gasteiger partial charge in [0.2, 0.25) is 0 Å². The second-order valence-electron chi connectivity index (χ2n) is 6.19. The van der Waals surface area contributed by atoms with Crippen LogP contribution in [0.25, 0.3) is 11.1 Å². The number of carbonyl (C=O) groups excluding carboxylic acids is 2. The number of rotatable bonds is 7. The molecule has 6 heteroatoms. The number of benzene rings is 2. The maximum absolute atomic E-state index is 12.4. The Balaban J connectivity index is 1.57. The predicted molar refractivity (Wildman–Crippen MR) is 110 cm³/mol. The van der Waals surface area contributed by atoms with E-state index in [2.05, 4.69) is 5.32 Å². The molecule has 0 radical (unpaired) electrons. The van der Waals surface area contributed by atoms with E-state index in [0.717, 1.165) is 22.3 Å². The zero-order valence-corrected chi connectivity index (χ0v) is 16.5. The number of para-hydroxylation sites is 1. The lowest BCUT2D eigenvalue weighted by Gasteiger charge is -2.10. The molecule has 3 rings (SSSR count). The number of carbonyl (C=O) groups is 2. The van der Waals surface area contributed by atoms with Crippen LogP contribution in [-0.4, -0.2) is 25.6 Å². The molecule has 2 aromatic carbocycles. The number of nitrogens with one attached hydrogen (secondary N) is 1. The molecule has 1 N–H and O–H groups in total. The van der Waals surface area contributed by atoms with Crippen molar-refractivity contribution < 1.29 is 19.1 Å². The van der Waals surface area contributed by atoms with E-state index < -0.39 is 5.97 Å². The van der Waals surface area contributed by atoms with Crippen LogP contribution in [0.1, 0.15) is 20.8 Å². The molecule has 1 aromatic heterocycles. The van der Waals surface area contributed by atoms with Crippen molar-refractivity contribution in [3.63, 3.8) is 0 Å². The number of hydrogen-bond donors (Lipinski definition) is 1. The Labute approximate surface area is 167 Å². The fraction of sp³-hybridized carbons (Fsp3) is 0.182. The fourth-order valence-corrected chi connectivity index (χ4v) is 3.53. The maximum atomic E-state index is 12.4. The van der Waals surface area contributed by atoms with E-state index in [-0.39, 0.29) is 12.5 Å². The molecule has 0 atom stereocenters. The Hall–Kier alpha value is -3.12. The number of esters is 1. The summed E-state index contributed by atoms with van der Waals surface area (Å²) in [5.41, 5.74) is 3.75. The van der Waals surface area contributed by atoms with Crippen LogP contribution < -0.4 is 10.1 Å². The van der Waals surface area contributed by atoms with Crippen molar-refractivity contribution >= 4 is 23.2 Å². The van der Waals surface area contributed by atoms with Crippen molar-refractivity contribution in [3.05, 3.63) is 76.0 Å². The van der Waals surface area contributed by atoms with Gasteiger partial charge in [-0.25, -0.2) is 4.79 Å². The van der Waals surface area contributed by atoms with E-state index in [4.69, 9.17) is 9.47 Å². The number of ether oxygens (including phenoxy) is 2. The average Bonchev–Trinajstić information content (AvgIpc) is 3.21. The van der Waals surface area contributed by atoms with E-state index in [1.54, 1.807) is 7.11 Å². The summed E-state index contributed by atoms with van der Waals surface area (Å²) in [5, 5.41) is 4.57. The molecule has 0 spiro atoms. The standard InChI is InChI=1S/C22H21NO4S/c1-15-7-9-16(10-8-15)18-11-12-28-21(18)22(25)27-14-20(24)23-13-17-5-3-4-6-19(17)26-2/h3-12H,13-14H2,1-2H3,(H,23,24). The van der Waals surface area contributed by atoms with E-state index in [1.165, 1.54) is 11.3 Å². The molecule has 3 aromatic rings. The fourth-order valence-electron chi connectivity index (χ4n) is 2.72. The molecule has 1 amide bonds. The predicted octanol–water partition coefficient (Wildman–Crippen LogP) is 4.21. The van der Waals surface area contributed by atoms with E-state index >= 15 is 0 Å². The zero-order chi connectivity index (χ0) is 19.9. The molecule has 5 nitrogen and oxygen atoms in total. The van der Waals surface area contributed by atoms with Gasteiger partial charge in [-0.05, 0) is 30.0 Å². The van der Waals surface area contributed by atoms with Gasteiger partial charge in [-0.2, -0.15) is 0 Å². The molecule has 0 unspecified atom stereocenters. The van der Waals surface area contributed by atoms with Crippen LogP contribution in [0.3, 0.4) is 0 Å². The number of thiophene rings is 1. The summed E-state index contributed by atoms with van der Waals surface area (Å²) in [6.45, 7) is 1.98. The van der Waals surface area contributed by atoms with E-state index in [0.29, 0.717) is 17.2 Å². The summed E-state index contributed by atoms with van der Waals surface area (Å²) >= 11 is 1.30. The normalized spacial score (nSPS) is 10.4. The Morgan fingerprint density at radius 3 is 2.54 bits per heavy atom. The van der Waals surface area contributed by atoms with Crippen LogP contribution in [0.5, 0.6) is 5.75 Å². The van der Waals surface area contributed by atoms with E-state index in [9.17, 15) is 9.59 Å². The molecule has 0 aliphatic carbocycles. The van der Waals surface area contributed by atoms with Gasteiger partial charge in [0.25, 0.3) is 5.91 Å². The number of amides is 1. The Bertz CT molecular complexity index is 963. The Morgan fingerprint density at radius 1 is 1.04 bits per heavy atom. The third-order valence-corrected chi connectivity index (χ3v) is 5.11. The Morgan fingerprint density at radius 2 is 1.79 bits per heavy atom. The Kier molecular flexibility index (Phi) is 6.45. The highest BCUT2D eigenvalue weighted by molar-refractivity contribution is 7.12. The van der Waals surface area contributed by atoms with Crippen molar-refractivity contribution in [2.24, 2.45) is 0 Å². The lowest BCUT2D eigenvalue weighted by molar-refractivity contribution is -0.124. The first-order chi connectivity index (χ1) is 13.6. The molecule has 144 valence electrons. The monoisotopic (exact) mass is 395 g/mol. The average molecular weight is 395 g/mol. The van der Waals surface area contributed by atoms with Gasteiger partial charge in [0.05, 0.1) is 7.11 Å². The SMILES string of the molecule is COc1ccccc1CNC(=O)COC(=O)c1sccc1-c1ccc(C)cc1. The summed E-state index contributed by atoms with van der Waals surface area (Å²) in [5.74, 6) is -0.174. The first kappa shape index (κ1) is 19.6. The van der Waals surface area contributed by atoms with E-state index in [1.807, 2.05) is 66.9 Å². The van der Waals surface area contributed by atoms with Crippen molar-refractivity contribution in [1.82, 2.24) is 5.32 Å². The van der Waals surface area contributed by atoms with Gasteiger partial charge in [0, 0.05) is 17.7 Å². The van der Waals surface area contributed by atoms with Crippen LogP contribution in [-0.2, 0) is 16.1 Å². The molecule has 0 bridgehead atoms. The molecule has 0 saturated heterocycles. The molecule has 0 aliphatic rings. The first-order valence-electron chi connectivity index (χ1n) is 8.78. The van der Waals surface area contributed by atoms with Crippen LogP contribution in [0, 0.1) is 6.92 Å². The highest BCUT2D eigenvalue weighted by Crippen LogP contribution is 2.29. The highest BCUT2D eigenvalue weighted by Gasteiger charge is 2.17. The topological polar surface area (TPSA) is 64.6 Å². The quantitative estimate of drug-likeness (QED) is 0.609. The summed E-state index contributed by atoms with van der Waals surface area (Å²) in [6, 6.07) is 17.2. The molecular formula is C22H21NO4S. The lowest BCUT2D eigenvalue weighted by atomic mass is 10.1. The number of methoxy groups -OCH3 is 1. The number of hydrogen-bond acceptors (Lipinski definition) is 5.